The van der Waals surface area contributed by atoms with Gasteiger partial charge in [-0.05, 0) is 103 Å². The van der Waals surface area contributed by atoms with Gasteiger partial charge in [-0.25, -0.2) is 0 Å². The van der Waals surface area contributed by atoms with Gasteiger partial charge in [-0.15, -0.1) is 0 Å². The molecule has 0 spiro atoms. The van der Waals surface area contributed by atoms with Crippen molar-refractivity contribution in [1.82, 2.24) is 0 Å². The minimum atomic E-state index is 0.735. The van der Waals surface area contributed by atoms with Gasteiger partial charge in [-0.1, -0.05) is 81.3 Å². The highest BCUT2D eigenvalue weighted by Gasteiger charge is 2.32. The van der Waals surface area contributed by atoms with E-state index < -0.39 is 0 Å². The maximum absolute atomic E-state index is 4.56. The zero-order valence-corrected chi connectivity index (χ0v) is 19.5. The van der Waals surface area contributed by atoms with E-state index in [1.54, 1.807) is 16.7 Å². The molecule has 0 N–H and O–H groups in total. The van der Waals surface area contributed by atoms with Crippen LogP contribution in [0.3, 0.4) is 0 Å². The first-order valence-corrected chi connectivity index (χ1v) is 12.2. The molecular formula is C30H38. The van der Waals surface area contributed by atoms with Crippen LogP contribution in [-0.4, -0.2) is 0 Å². The predicted octanol–water partition coefficient (Wildman–Crippen LogP) is 8.14. The molecular weight excluding hydrogens is 360 g/mol. The van der Waals surface area contributed by atoms with Crippen LogP contribution in [-0.2, 0) is 25.7 Å². The van der Waals surface area contributed by atoms with Crippen LogP contribution in [0.15, 0.2) is 42.5 Å². The molecule has 2 aliphatic carbocycles. The number of aryl methyl sites for hydroxylation is 4. The standard InChI is InChI=1S/C30H38/c1-6-22-13-12-20(4)14-30(22)21(5)15-25-10-9-11-29(25)28-18-26-16-23(7-2)24(8-3)17-27(26)19-28/h12-14,16-18,25,29H,5-11,15,19H2,1-4H3. The highest BCUT2D eigenvalue weighted by Crippen LogP contribution is 2.45. The number of allylic oxidation sites excluding steroid dienone is 2. The van der Waals surface area contributed by atoms with Crippen molar-refractivity contribution in [3.05, 3.63) is 81.4 Å². The van der Waals surface area contributed by atoms with Crippen LogP contribution in [0.1, 0.15) is 85.4 Å². The minimum Gasteiger partial charge on any atom is -0.0952 e. The summed E-state index contributed by atoms with van der Waals surface area (Å²) in [5.41, 5.74) is 13.4. The molecule has 0 radical (unpaired) electrons. The maximum Gasteiger partial charge on any atom is -0.00548 e. The van der Waals surface area contributed by atoms with E-state index in [-0.39, 0.29) is 0 Å². The number of hydrogen-bond donors (Lipinski definition) is 0. The summed E-state index contributed by atoms with van der Waals surface area (Å²) in [6, 6.07) is 11.9. The van der Waals surface area contributed by atoms with Crippen molar-refractivity contribution in [2.24, 2.45) is 11.8 Å². The smallest absolute Gasteiger partial charge is 0.00548 e. The summed E-state index contributed by atoms with van der Waals surface area (Å²) < 4.78 is 0. The second-order valence-electron chi connectivity index (χ2n) is 9.54. The Morgan fingerprint density at radius 1 is 0.933 bits per heavy atom. The lowest BCUT2D eigenvalue weighted by Crippen LogP contribution is -2.12. The topological polar surface area (TPSA) is 0 Å². The normalized spacial score (nSPS) is 20.3. The first-order chi connectivity index (χ1) is 14.5. The number of benzene rings is 2. The summed E-state index contributed by atoms with van der Waals surface area (Å²) in [6.07, 6.45) is 12.3. The van der Waals surface area contributed by atoms with Crippen molar-refractivity contribution < 1.29 is 0 Å². The Labute approximate surface area is 184 Å². The molecule has 0 heterocycles. The van der Waals surface area contributed by atoms with Crippen molar-refractivity contribution in [3.63, 3.8) is 0 Å². The number of hydrogen-bond acceptors (Lipinski definition) is 0. The summed E-state index contributed by atoms with van der Waals surface area (Å²) in [4.78, 5) is 0. The lowest BCUT2D eigenvalue weighted by atomic mass is 9.81. The zero-order chi connectivity index (χ0) is 21.3. The molecule has 1 saturated carbocycles. The fraction of sp³-hybridized carbons (Fsp3) is 0.467. The van der Waals surface area contributed by atoms with E-state index in [1.807, 2.05) is 0 Å². The Balaban J connectivity index is 1.53. The summed E-state index contributed by atoms with van der Waals surface area (Å²) in [5.74, 6) is 1.48. The van der Waals surface area contributed by atoms with Crippen molar-refractivity contribution in [2.75, 3.05) is 0 Å². The van der Waals surface area contributed by atoms with Gasteiger partial charge in [0.2, 0.25) is 0 Å². The minimum absolute atomic E-state index is 0.735. The summed E-state index contributed by atoms with van der Waals surface area (Å²) in [7, 11) is 0. The van der Waals surface area contributed by atoms with Crippen molar-refractivity contribution in [1.29, 1.82) is 0 Å². The fourth-order valence-corrected chi connectivity index (χ4v) is 5.94. The van der Waals surface area contributed by atoms with Gasteiger partial charge in [0.05, 0.1) is 0 Å². The van der Waals surface area contributed by atoms with E-state index in [0.717, 1.165) is 37.5 Å². The largest absolute Gasteiger partial charge is 0.0952 e. The van der Waals surface area contributed by atoms with Gasteiger partial charge in [-0.2, -0.15) is 0 Å². The van der Waals surface area contributed by atoms with Crippen LogP contribution in [0.5, 0.6) is 0 Å². The highest BCUT2D eigenvalue weighted by atomic mass is 14.4. The summed E-state index contributed by atoms with van der Waals surface area (Å²) >= 11 is 0. The lowest BCUT2D eigenvalue weighted by molar-refractivity contribution is 0.447. The third kappa shape index (κ3) is 4.07. The average molecular weight is 399 g/mol. The first-order valence-electron chi connectivity index (χ1n) is 12.2. The number of rotatable bonds is 7. The third-order valence-electron chi connectivity index (χ3n) is 7.63. The van der Waals surface area contributed by atoms with Gasteiger partial charge in [-0.3, -0.25) is 0 Å². The average Bonchev–Trinajstić information content (AvgIpc) is 3.38. The van der Waals surface area contributed by atoms with Crippen LogP contribution in [0.2, 0.25) is 0 Å². The van der Waals surface area contributed by atoms with E-state index in [4.69, 9.17) is 0 Å². The van der Waals surface area contributed by atoms with Gasteiger partial charge < -0.3 is 0 Å². The molecule has 30 heavy (non-hydrogen) atoms. The summed E-state index contributed by atoms with van der Waals surface area (Å²) in [5, 5.41) is 0. The van der Waals surface area contributed by atoms with Gasteiger partial charge >= 0.3 is 0 Å². The van der Waals surface area contributed by atoms with Crippen molar-refractivity contribution in [2.45, 2.75) is 79.1 Å². The molecule has 0 bridgehead atoms. The van der Waals surface area contributed by atoms with Gasteiger partial charge in [0.15, 0.2) is 0 Å². The first kappa shape index (κ1) is 21.2. The van der Waals surface area contributed by atoms with Crippen LogP contribution in [0.4, 0.5) is 0 Å². The molecule has 4 rings (SSSR count). The van der Waals surface area contributed by atoms with Crippen LogP contribution >= 0.6 is 0 Å². The summed E-state index contributed by atoms with van der Waals surface area (Å²) in [6.45, 7) is 13.6. The van der Waals surface area contributed by atoms with E-state index in [2.05, 4.69) is 70.7 Å². The molecule has 2 aromatic rings. The molecule has 2 atom stereocenters. The van der Waals surface area contributed by atoms with Crippen molar-refractivity contribution in [3.8, 4) is 0 Å². The quantitative estimate of drug-likeness (QED) is 0.441. The van der Waals surface area contributed by atoms with E-state index >= 15 is 0 Å². The SMILES string of the molecule is C=C(CC1CCCC1C1=Cc2cc(CC)c(CC)cc2C1)c1cc(C)ccc1CC. The van der Waals surface area contributed by atoms with Gasteiger partial charge in [0.1, 0.15) is 0 Å². The molecule has 0 saturated heterocycles. The molecule has 1 fully saturated rings. The van der Waals surface area contributed by atoms with Crippen LogP contribution < -0.4 is 0 Å². The maximum atomic E-state index is 4.56. The van der Waals surface area contributed by atoms with E-state index in [1.165, 1.54) is 59.1 Å². The number of fused-ring (bicyclic) bond motifs is 1. The second kappa shape index (κ2) is 8.96. The van der Waals surface area contributed by atoms with Crippen LogP contribution in [0.25, 0.3) is 11.6 Å². The molecule has 0 heteroatoms. The molecule has 158 valence electrons. The molecule has 2 unspecified atom stereocenters. The Morgan fingerprint density at radius 2 is 1.67 bits per heavy atom. The highest BCUT2D eigenvalue weighted by molar-refractivity contribution is 5.68. The fourth-order valence-electron chi connectivity index (χ4n) is 5.94. The van der Waals surface area contributed by atoms with Gasteiger partial charge in [0, 0.05) is 0 Å². The monoisotopic (exact) mass is 398 g/mol. The zero-order valence-electron chi connectivity index (χ0n) is 19.5. The Morgan fingerprint density at radius 3 is 2.40 bits per heavy atom. The Bertz CT molecular complexity index is 972. The molecule has 0 amide bonds. The van der Waals surface area contributed by atoms with Crippen LogP contribution in [0, 0.1) is 18.8 Å². The molecule has 0 aromatic heterocycles. The predicted molar refractivity (Wildman–Crippen MR) is 132 cm³/mol. The Kier molecular flexibility index (Phi) is 6.32. The second-order valence-corrected chi connectivity index (χ2v) is 9.54. The molecule has 2 aliphatic rings. The van der Waals surface area contributed by atoms with Crippen molar-refractivity contribution >= 4 is 11.6 Å². The van der Waals surface area contributed by atoms with Gasteiger partial charge in [0.25, 0.3) is 0 Å². The lowest BCUT2D eigenvalue weighted by Gasteiger charge is -2.23. The molecule has 0 nitrogen and oxygen atoms in total. The van der Waals surface area contributed by atoms with E-state index in [0.29, 0.717) is 0 Å². The molecule has 0 aliphatic heterocycles. The molecule has 2 aromatic carbocycles. The Hall–Kier alpha value is -2.08. The van der Waals surface area contributed by atoms with E-state index in [9.17, 15) is 0 Å². The third-order valence-corrected chi connectivity index (χ3v) is 7.63.